The van der Waals surface area contributed by atoms with Crippen molar-refractivity contribution < 1.29 is 14.3 Å². The first-order chi connectivity index (χ1) is 8.59. The lowest BCUT2D eigenvalue weighted by Gasteiger charge is -2.20. The maximum Gasteiger partial charge on any atom is 0.312 e. The molecule has 3 nitrogen and oxygen atoms in total. The molecule has 0 radical (unpaired) electrons. The lowest BCUT2D eigenvalue weighted by atomic mass is 9.87. The van der Waals surface area contributed by atoms with Gasteiger partial charge in [0, 0.05) is 18.1 Å². The molecule has 1 atom stereocenters. The van der Waals surface area contributed by atoms with Gasteiger partial charge in [0.25, 0.3) is 0 Å². The van der Waals surface area contributed by atoms with Gasteiger partial charge in [-0.3, -0.25) is 4.79 Å². The number of hydrogen-bond donors (Lipinski definition) is 1. The molecule has 0 saturated heterocycles. The maximum absolute atomic E-state index is 13.3. The molecular formula is C14H14FNO2. The van der Waals surface area contributed by atoms with Crippen molar-refractivity contribution in [2.24, 2.45) is 7.05 Å². The van der Waals surface area contributed by atoms with Crippen LogP contribution in [0.25, 0.3) is 10.9 Å². The Morgan fingerprint density at radius 2 is 2.28 bits per heavy atom. The summed E-state index contributed by atoms with van der Waals surface area (Å²) in [5, 5.41) is 10.3. The van der Waals surface area contributed by atoms with Crippen LogP contribution in [0.2, 0.25) is 0 Å². The fourth-order valence-electron chi connectivity index (χ4n) is 3.07. The van der Waals surface area contributed by atoms with Crippen LogP contribution in [0.5, 0.6) is 0 Å². The number of aliphatic carboxylic acids is 1. The lowest BCUT2D eigenvalue weighted by molar-refractivity contribution is -0.139. The molecule has 1 aliphatic rings. The van der Waals surface area contributed by atoms with Gasteiger partial charge in [0.05, 0.1) is 11.4 Å². The minimum absolute atomic E-state index is 0.285. The second kappa shape index (κ2) is 3.83. The number of fused-ring (bicyclic) bond motifs is 3. The van der Waals surface area contributed by atoms with Gasteiger partial charge in [-0.2, -0.15) is 0 Å². The van der Waals surface area contributed by atoms with Crippen LogP contribution >= 0.6 is 0 Å². The van der Waals surface area contributed by atoms with Crippen LogP contribution in [0.1, 0.15) is 30.0 Å². The zero-order valence-corrected chi connectivity index (χ0v) is 10.1. The standard InChI is InChI=1S/C14H14FNO2/c1-16-12-7-8(15)5-6-9(12)10-3-2-4-11(13(10)16)14(17)18/h5-7,11H,2-4H2,1H3,(H,17,18). The summed E-state index contributed by atoms with van der Waals surface area (Å²) in [6.07, 6.45) is 2.41. The minimum atomic E-state index is -0.790. The van der Waals surface area contributed by atoms with E-state index in [1.807, 2.05) is 11.6 Å². The fourth-order valence-corrected chi connectivity index (χ4v) is 3.07. The van der Waals surface area contributed by atoms with E-state index in [0.29, 0.717) is 6.42 Å². The second-order valence-electron chi connectivity index (χ2n) is 4.87. The third kappa shape index (κ3) is 1.45. The van der Waals surface area contributed by atoms with E-state index in [2.05, 4.69) is 0 Å². The van der Waals surface area contributed by atoms with Gasteiger partial charge < -0.3 is 9.67 Å². The molecule has 0 bridgehead atoms. The van der Waals surface area contributed by atoms with Crippen LogP contribution in [0.3, 0.4) is 0 Å². The first kappa shape index (κ1) is 11.3. The number of aryl methyl sites for hydroxylation is 2. The van der Waals surface area contributed by atoms with E-state index in [4.69, 9.17) is 0 Å². The van der Waals surface area contributed by atoms with Crippen molar-refractivity contribution in [3.8, 4) is 0 Å². The summed E-state index contributed by atoms with van der Waals surface area (Å²) in [5.41, 5.74) is 2.70. The van der Waals surface area contributed by atoms with E-state index >= 15 is 0 Å². The van der Waals surface area contributed by atoms with Gasteiger partial charge in [-0.1, -0.05) is 0 Å². The normalized spacial score (nSPS) is 18.9. The molecule has 3 rings (SSSR count). The van der Waals surface area contributed by atoms with Crippen LogP contribution in [0, 0.1) is 5.82 Å². The summed E-state index contributed by atoms with van der Waals surface area (Å²) in [6.45, 7) is 0. The van der Waals surface area contributed by atoms with Crippen molar-refractivity contribution in [3.63, 3.8) is 0 Å². The Bertz CT molecular complexity index is 645. The van der Waals surface area contributed by atoms with E-state index in [1.54, 1.807) is 6.07 Å². The third-order valence-electron chi connectivity index (χ3n) is 3.86. The number of carboxylic acid groups (broad SMARTS) is 1. The first-order valence-corrected chi connectivity index (χ1v) is 6.09. The number of carbonyl (C=O) groups is 1. The SMILES string of the molecule is Cn1c2c(c3ccc(F)cc31)CCCC2C(=O)O. The van der Waals surface area contributed by atoms with Crippen molar-refractivity contribution >= 4 is 16.9 Å². The summed E-state index contributed by atoms with van der Waals surface area (Å²) >= 11 is 0. The molecule has 0 saturated carbocycles. The number of carboxylic acids is 1. The maximum atomic E-state index is 13.3. The Labute approximate surface area is 104 Å². The molecule has 18 heavy (non-hydrogen) atoms. The molecule has 4 heteroatoms. The van der Waals surface area contributed by atoms with Gasteiger partial charge in [0.1, 0.15) is 5.82 Å². The summed E-state index contributed by atoms with van der Waals surface area (Å²) in [7, 11) is 1.82. The van der Waals surface area contributed by atoms with Gasteiger partial charge in [-0.15, -0.1) is 0 Å². The highest BCUT2D eigenvalue weighted by Crippen LogP contribution is 2.38. The van der Waals surface area contributed by atoms with E-state index < -0.39 is 11.9 Å². The summed E-state index contributed by atoms with van der Waals surface area (Å²) in [5.74, 6) is -1.54. The predicted molar refractivity (Wildman–Crippen MR) is 66.2 cm³/mol. The molecule has 1 unspecified atom stereocenters. The zero-order valence-electron chi connectivity index (χ0n) is 10.1. The monoisotopic (exact) mass is 247 g/mol. The molecule has 1 heterocycles. The summed E-state index contributed by atoms with van der Waals surface area (Å²) in [6, 6.07) is 4.67. The molecule has 1 aromatic heterocycles. The van der Waals surface area contributed by atoms with Gasteiger partial charge in [0.15, 0.2) is 0 Å². The number of rotatable bonds is 1. The lowest BCUT2D eigenvalue weighted by Crippen LogP contribution is -2.20. The van der Waals surface area contributed by atoms with Crippen LogP contribution in [0.15, 0.2) is 18.2 Å². The average Bonchev–Trinajstić information content (AvgIpc) is 2.63. The smallest absolute Gasteiger partial charge is 0.312 e. The van der Waals surface area contributed by atoms with Gasteiger partial charge in [-0.25, -0.2) is 4.39 Å². The zero-order chi connectivity index (χ0) is 12.9. The number of benzene rings is 1. The first-order valence-electron chi connectivity index (χ1n) is 6.09. The van der Waals surface area contributed by atoms with E-state index in [0.717, 1.165) is 35.0 Å². The molecule has 2 aromatic rings. The predicted octanol–water partition coefficient (Wildman–Crippen LogP) is 2.82. The number of aromatic nitrogens is 1. The van der Waals surface area contributed by atoms with E-state index in [-0.39, 0.29) is 5.82 Å². The highest BCUT2D eigenvalue weighted by Gasteiger charge is 2.31. The van der Waals surface area contributed by atoms with Crippen molar-refractivity contribution in [2.45, 2.75) is 25.2 Å². The number of hydrogen-bond acceptors (Lipinski definition) is 1. The van der Waals surface area contributed by atoms with Crippen LogP contribution in [0.4, 0.5) is 4.39 Å². The van der Waals surface area contributed by atoms with Crippen LogP contribution in [-0.2, 0) is 18.3 Å². The van der Waals surface area contributed by atoms with E-state index in [1.165, 1.54) is 12.1 Å². The summed E-state index contributed by atoms with van der Waals surface area (Å²) < 4.78 is 15.1. The van der Waals surface area contributed by atoms with Crippen molar-refractivity contribution in [1.82, 2.24) is 4.57 Å². The Morgan fingerprint density at radius 1 is 1.50 bits per heavy atom. The van der Waals surface area contributed by atoms with Crippen LogP contribution in [-0.4, -0.2) is 15.6 Å². The molecule has 0 amide bonds. The van der Waals surface area contributed by atoms with Gasteiger partial charge in [0.2, 0.25) is 0 Å². The Balaban J connectivity index is 2.33. The average molecular weight is 247 g/mol. The molecule has 1 N–H and O–H groups in total. The molecule has 0 aliphatic heterocycles. The quantitative estimate of drug-likeness (QED) is 0.842. The van der Waals surface area contributed by atoms with Crippen molar-refractivity contribution in [3.05, 3.63) is 35.3 Å². The highest BCUT2D eigenvalue weighted by molar-refractivity contribution is 5.89. The highest BCUT2D eigenvalue weighted by atomic mass is 19.1. The van der Waals surface area contributed by atoms with Gasteiger partial charge >= 0.3 is 5.97 Å². The van der Waals surface area contributed by atoms with Gasteiger partial charge in [-0.05, 0) is 43.0 Å². The van der Waals surface area contributed by atoms with E-state index in [9.17, 15) is 14.3 Å². The van der Waals surface area contributed by atoms with Crippen LogP contribution < -0.4 is 0 Å². The molecule has 0 fully saturated rings. The largest absolute Gasteiger partial charge is 0.481 e. The second-order valence-corrected chi connectivity index (χ2v) is 4.87. The molecule has 1 aromatic carbocycles. The topological polar surface area (TPSA) is 42.2 Å². The fraction of sp³-hybridized carbons (Fsp3) is 0.357. The van der Waals surface area contributed by atoms with Crippen molar-refractivity contribution in [2.75, 3.05) is 0 Å². The molecule has 94 valence electrons. The third-order valence-corrected chi connectivity index (χ3v) is 3.86. The molecular weight excluding hydrogens is 233 g/mol. The molecule has 0 spiro atoms. The molecule has 1 aliphatic carbocycles. The number of nitrogens with zero attached hydrogens (tertiary/aromatic N) is 1. The Hall–Kier alpha value is -1.84. The van der Waals surface area contributed by atoms with Crippen molar-refractivity contribution in [1.29, 1.82) is 0 Å². The Morgan fingerprint density at radius 3 is 3.00 bits per heavy atom. The summed E-state index contributed by atoms with van der Waals surface area (Å²) in [4.78, 5) is 11.3. The number of halogens is 1. The minimum Gasteiger partial charge on any atom is -0.481 e. The Kier molecular flexibility index (Phi) is 2.40.